The van der Waals surface area contributed by atoms with E-state index in [2.05, 4.69) is 10.4 Å². The van der Waals surface area contributed by atoms with Crippen LogP contribution in [0.3, 0.4) is 0 Å². The van der Waals surface area contributed by atoms with Crippen LogP contribution in [0.5, 0.6) is 5.75 Å². The quantitative estimate of drug-likeness (QED) is 0.669. The minimum Gasteiger partial charge on any atom is -0.494 e. The van der Waals surface area contributed by atoms with Crippen LogP contribution in [0.25, 0.3) is 11.3 Å². The van der Waals surface area contributed by atoms with E-state index in [9.17, 15) is 9.59 Å². The summed E-state index contributed by atoms with van der Waals surface area (Å²) in [6.07, 6.45) is 0. The van der Waals surface area contributed by atoms with Gasteiger partial charge in [0.15, 0.2) is 0 Å². The minimum atomic E-state index is -0.726. The highest BCUT2D eigenvalue weighted by molar-refractivity contribution is 5.79. The first kappa shape index (κ1) is 20.3. The molecule has 1 unspecified atom stereocenters. The second-order valence-corrected chi connectivity index (χ2v) is 6.84. The SMILES string of the molecule is CCOc1ccc(-c2ccc(=O)n(C(C)C(=O)NCc3ccc(C)cc3)n2)cc1. The molecule has 2 aromatic carbocycles. The average molecular weight is 391 g/mol. The lowest BCUT2D eigenvalue weighted by molar-refractivity contribution is -0.124. The average Bonchev–Trinajstić information content (AvgIpc) is 2.74. The second kappa shape index (κ2) is 9.19. The van der Waals surface area contributed by atoms with Crippen molar-refractivity contribution in [2.75, 3.05) is 6.61 Å². The van der Waals surface area contributed by atoms with E-state index in [0.717, 1.165) is 22.4 Å². The number of rotatable bonds is 7. The molecule has 1 atom stereocenters. The van der Waals surface area contributed by atoms with Crippen molar-refractivity contribution < 1.29 is 9.53 Å². The molecule has 0 aliphatic heterocycles. The molecule has 3 aromatic rings. The zero-order chi connectivity index (χ0) is 20.8. The number of aromatic nitrogens is 2. The Balaban J connectivity index is 1.74. The number of nitrogens with zero attached hydrogens (tertiary/aromatic N) is 2. The van der Waals surface area contributed by atoms with Crippen LogP contribution >= 0.6 is 0 Å². The number of nitrogens with one attached hydrogen (secondary N) is 1. The van der Waals surface area contributed by atoms with Crippen LogP contribution in [0.2, 0.25) is 0 Å². The zero-order valence-corrected chi connectivity index (χ0v) is 16.9. The number of carbonyl (C=O) groups is 1. The van der Waals surface area contributed by atoms with Crippen molar-refractivity contribution in [2.24, 2.45) is 0 Å². The fourth-order valence-electron chi connectivity index (χ4n) is 2.90. The summed E-state index contributed by atoms with van der Waals surface area (Å²) in [7, 11) is 0. The predicted octanol–water partition coefficient (Wildman–Crippen LogP) is 3.49. The Bertz CT molecular complexity index is 1020. The summed E-state index contributed by atoms with van der Waals surface area (Å²) >= 11 is 0. The fraction of sp³-hybridized carbons (Fsp3) is 0.261. The first-order valence-corrected chi connectivity index (χ1v) is 9.64. The van der Waals surface area contributed by atoms with Crippen molar-refractivity contribution in [3.63, 3.8) is 0 Å². The van der Waals surface area contributed by atoms with Crippen LogP contribution in [-0.2, 0) is 11.3 Å². The van der Waals surface area contributed by atoms with Gasteiger partial charge in [-0.1, -0.05) is 29.8 Å². The molecule has 0 saturated carbocycles. The van der Waals surface area contributed by atoms with Gasteiger partial charge in [-0.3, -0.25) is 9.59 Å². The van der Waals surface area contributed by atoms with Gasteiger partial charge in [0.25, 0.3) is 5.56 Å². The smallest absolute Gasteiger partial charge is 0.267 e. The Morgan fingerprint density at radius 2 is 1.76 bits per heavy atom. The number of hydrogen-bond donors (Lipinski definition) is 1. The molecular formula is C23H25N3O3. The molecule has 1 heterocycles. The number of ether oxygens (including phenoxy) is 1. The van der Waals surface area contributed by atoms with Gasteiger partial charge in [0.1, 0.15) is 11.8 Å². The van der Waals surface area contributed by atoms with Gasteiger partial charge in [0.05, 0.1) is 12.3 Å². The van der Waals surface area contributed by atoms with Crippen molar-refractivity contribution >= 4 is 5.91 Å². The molecule has 0 fully saturated rings. The fourth-order valence-corrected chi connectivity index (χ4v) is 2.90. The van der Waals surface area contributed by atoms with Gasteiger partial charge in [0, 0.05) is 18.2 Å². The lowest BCUT2D eigenvalue weighted by Gasteiger charge is -2.15. The molecule has 6 heteroatoms. The third kappa shape index (κ3) is 5.10. The summed E-state index contributed by atoms with van der Waals surface area (Å²) in [5.41, 5.74) is 3.30. The van der Waals surface area contributed by atoms with E-state index in [1.807, 2.05) is 62.4 Å². The molecule has 0 saturated heterocycles. The number of aryl methyl sites for hydroxylation is 1. The monoisotopic (exact) mass is 391 g/mol. The summed E-state index contributed by atoms with van der Waals surface area (Å²) < 4.78 is 6.67. The van der Waals surface area contributed by atoms with Crippen molar-refractivity contribution in [1.82, 2.24) is 15.1 Å². The summed E-state index contributed by atoms with van der Waals surface area (Å²) in [5, 5.41) is 7.28. The molecule has 29 heavy (non-hydrogen) atoms. The van der Waals surface area contributed by atoms with E-state index in [-0.39, 0.29) is 11.5 Å². The lowest BCUT2D eigenvalue weighted by Crippen LogP contribution is -2.36. The van der Waals surface area contributed by atoms with Crippen LogP contribution in [0.15, 0.2) is 65.5 Å². The van der Waals surface area contributed by atoms with E-state index in [0.29, 0.717) is 18.8 Å². The molecule has 0 spiro atoms. The Hall–Kier alpha value is -3.41. The van der Waals surface area contributed by atoms with E-state index in [1.165, 1.54) is 10.7 Å². The van der Waals surface area contributed by atoms with Gasteiger partial charge < -0.3 is 10.1 Å². The van der Waals surface area contributed by atoms with Crippen molar-refractivity contribution in [1.29, 1.82) is 0 Å². The number of hydrogen-bond acceptors (Lipinski definition) is 4. The molecule has 0 radical (unpaired) electrons. The van der Waals surface area contributed by atoms with Crippen molar-refractivity contribution in [2.45, 2.75) is 33.4 Å². The largest absolute Gasteiger partial charge is 0.494 e. The number of carbonyl (C=O) groups excluding carboxylic acids is 1. The van der Waals surface area contributed by atoms with Gasteiger partial charge >= 0.3 is 0 Å². The maximum Gasteiger partial charge on any atom is 0.267 e. The van der Waals surface area contributed by atoms with E-state index in [4.69, 9.17) is 4.74 Å². The van der Waals surface area contributed by atoms with Crippen molar-refractivity contribution in [3.8, 4) is 17.0 Å². The zero-order valence-electron chi connectivity index (χ0n) is 16.9. The minimum absolute atomic E-state index is 0.260. The summed E-state index contributed by atoms with van der Waals surface area (Å²) in [5.74, 6) is 0.512. The maximum absolute atomic E-state index is 12.6. The normalized spacial score (nSPS) is 11.7. The van der Waals surface area contributed by atoms with Crippen LogP contribution in [0, 0.1) is 6.92 Å². The third-order valence-electron chi connectivity index (χ3n) is 4.62. The molecule has 1 N–H and O–H groups in total. The lowest BCUT2D eigenvalue weighted by atomic mass is 10.1. The van der Waals surface area contributed by atoms with Gasteiger partial charge in [-0.25, -0.2) is 4.68 Å². The van der Waals surface area contributed by atoms with Gasteiger partial charge in [-0.2, -0.15) is 5.10 Å². The van der Waals surface area contributed by atoms with E-state index in [1.54, 1.807) is 13.0 Å². The molecule has 3 rings (SSSR count). The van der Waals surface area contributed by atoms with Gasteiger partial charge in [0.2, 0.25) is 5.91 Å². The number of benzene rings is 2. The van der Waals surface area contributed by atoms with Crippen LogP contribution < -0.4 is 15.6 Å². The third-order valence-corrected chi connectivity index (χ3v) is 4.62. The Kier molecular flexibility index (Phi) is 6.44. The highest BCUT2D eigenvalue weighted by Crippen LogP contribution is 2.20. The van der Waals surface area contributed by atoms with Crippen LogP contribution in [0.4, 0.5) is 0 Å². The molecule has 1 amide bonds. The van der Waals surface area contributed by atoms with Gasteiger partial charge in [-0.05, 0) is 56.7 Å². The first-order valence-electron chi connectivity index (χ1n) is 9.64. The first-order chi connectivity index (χ1) is 14.0. The van der Waals surface area contributed by atoms with Crippen molar-refractivity contribution in [3.05, 3.63) is 82.1 Å². The molecule has 150 valence electrons. The number of amides is 1. The van der Waals surface area contributed by atoms with Crippen LogP contribution in [-0.4, -0.2) is 22.3 Å². The molecule has 1 aromatic heterocycles. The Morgan fingerprint density at radius 1 is 1.07 bits per heavy atom. The Labute approximate surface area is 170 Å². The summed E-state index contributed by atoms with van der Waals surface area (Å²) in [6, 6.07) is 17.8. The standard InChI is InChI=1S/C23H25N3O3/c1-4-29-20-11-9-19(10-12-20)21-13-14-22(27)26(25-21)17(3)23(28)24-15-18-7-5-16(2)6-8-18/h5-14,17H,4,15H2,1-3H3,(H,24,28). The molecule has 0 aliphatic rings. The highest BCUT2D eigenvalue weighted by Gasteiger charge is 2.18. The molecule has 0 bridgehead atoms. The topological polar surface area (TPSA) is 73.2 Å². The maximum atomic E-state index is 12.6. The predicted molar refractivity (Wildman–Crippen MR) is 113 cm³/mol. The van der Waals surface area contributed by atoms with E-state index >= 15 is 0 Å². The Morgan fingerprint density at radius 3 is 2.41 bits per heavy atom. The summed E-state index contributed by atoms with van der Waals surface area (Å²) in [6.45, 7) is 6.60. The second-order valence-electron chi connectivity index (χ2n) is 6.84. The summed E-state index contributed by atoms with van der Waals surface area (Å²) in [4.78, 5) is 24.9. The molecular weight excluding hydrogens is 366 g/mol. The highest BCUT2D eigenvalue weighted by atomic mass is 16.5. The molecule has 6 nitrogen and oxygen atoms in total. The van der Waals surface area contributed by atoms with Gasteiger partial charge in [-0.15, -0.1) is 0 Å². The van der Waals surface area contributed by atoms with Crippen LogP contribution in [0.1, 0.15) is 31.0 Å². The molecule has 0 aliphatic carbocycles. The van der Waals surface area contributed by atoms with E-state index < -0.39 is 6.04 Å².